The number of hydrogen-bond acceptors (Lipinski definition) is 6. The lowest BCUT2D eigenvalue weighted by Gasteiger charge is -2.14. The Bertz CT molecular complexity index is 629. The monoisotopic (exact) mass is 316 g/mol. The zero-order valence-electron chi connectivity index (χ0n) is 14.0. The number of nitrogens with zero attached hydrogens (tertiary/aromatic N) is 2. The lowest BCUT2D eigenvalue weighted by molar-refractivity contribution is 0.242. The van der Waals surface area contributed by atoms with E-state index in [0.29, 0.717) is 11.8 Å². The third-order valence-corrected chi connectivity index (χ3v) is 3.00. The van der Waals surface area contributed by atoms with Gasteiger partial charge in [-0.05, 0) is 52.0 Å². The molecule has 1 unspecified atom stereocenters. The first-order valence-electron chi connectivity index (χ1n) is 7.73. The Morgan fingerprint density at radius 3 is 2.43 bits per heavy atom. The average Bonchev–Trinajstić information content (AvgIpc) is 2.48. The molecule has 0 aliphatic carbocycles. The summed E-state index contributed by atoms with van der Waals surface area (Å²) in [5.74, 6) is 2.03. The fourth-order valence-electron chi connectivity index (χ4n) is 2.00. The van der Waals surface area contributed by atoms with Crippen LogP contribution in [-0.4, -0.2) is 33.8 Å². The maximum Gasteiger partial charge on any atom is 0.225 e. The van der Waals surface area contributed by atoms with Gasteiger partial charge in [0.2, 0.25) is 5.95 Å². The van der Waals surface area contributed by atoms with Gasteiger partial charge in [0, 0.05) is 23.5 Å². The van der Waals surface area contributed by atoms with Gasteiger partial charge in [-0.2, -0.15) is 4.98 Å². The second-order valence-corrected chi connectivity index (χ2v) is 5.76. The highest BCUT2D eigenvalue weighted by molar-refractivity contribution is 5.58. The number of rotatable bonds is 7. The Morgan fingerprint density at radius 2 is 1.83 bits per heavy atom. The number of ether oxygens (including phenoxy) is 1. The molecule has 0 fully saturated rings. The highest BCUT2D eigenvalue weighted by atomic mass is 16.5. The normalized spacial score (nSPS) is 12.1. The molecule has 6 nitrogen and oxygen atoms in total. The number of aryl methyl sites for hydroxylation is 1. The molecule has 3 N–H and O–H groups in total. The van der Waals surface area contributed by atoms with Crippen LogP contribution in [0.25, 0.3) is 0 Å². The van der Waals surface area contributed by atoms with E-state index in [2.05, 4.69) is 20.6 Å². The summed E-state index contributed by atoms with van der Waals surface area (Å²) in [6.45, 7) is 7.79. The van der Waals surface area contributed by atoms with Gasteiger partial charge in [-0.1, -0.05) is 0 Å². The summed E-state index contributed by atoms with van der Waals surface area (Å²) in [5, 5.41) is 15.4. The number of hydrogen-bond donors (Lipinski definition) is 3. The molecule has 1 aromatic carbocycles. The minimum atomic E-state index is -0.0999. The van der Waals surface area contributed by atoms with Crippen LogP contribution in [0.2, 0.25) is 0 Å². The van der Waals surface area contributed by atoms with Gasteiger partial charge in [-0.15, -0.1) is 0 Å². The molecule has 1 aromatic heterocycles. The smallest absolute Gasteiger partial charge is 0.225 e. The molecule has 1 atom stereocenters. The molecule has 6 heteroatoms. The fraction of sp³-hybridized carbons (Fsp3) is 0.412. The van der Waals surface area contributed by atoms with Crippen LogP contribution >= 0.6 is 0 Å². The van der Waals surface area contributed by atoms with Crippen molar-refractivity contribution in [2.24, 2.45) is 0 Å². The second kappa shape index (κ2) is 7.78. The van der Waals surface area contributed by atoms with Crippen molar-refractivity contribution in [2.45, 2.75) is 39.8 Å². The molecule has 0 radical (unpaired) electrons. The van der Waals surface area contributed by atoms with Gasteiger partial charge >= 0.3 is 0 Å². The largest absolute Gasteiger partial charge is 0.491 e. The summed E-state index contributed by atoms with van der Waals surface area (Å²) in [4.78, 5) is 8.73. The average molecular weight is 316 g/mol. The topological polar surface area (TPSA) is 79.3 Å². The van der Waals surface area contributed by atoms with E-state index in [1.165, 1.54) is 0 Å². The third-order valence-electron chi connectivity index (χ3n) is 3.00. The Labute approximate surface area is 136 Å². The molecule has 0 spiro atoms. The van der Waals surface area contributed by atoms with Gasteiger partial charge in [0.05, 0.1) is 12.7 Å². The minimum absolute atomic E-state index is 0.0252. The van der Waals surface area contributed by atoms with E-state index in [4.69, 9.17) is 9.84 Å². The van der Waals surface area contributed by atoms with Crippen LogP contribution in [0.15, 0.2) is 30.3 Å². The zero-order valence-corrected chi connectivity index (χ0v) is 14.0. The molecule has 0 aliphatic heterocycles. The molecule has 23 heavy (non-hydrogen) atoms. The first-order chi connectivity index (χ1) is 11.0. The lowest BCUT2D eigenvalue weighted by atomic mass is 10.3. The zero-order chi connectivity index (χ0) is 16.8. The Morgan fingerprint density at radius 1 is 1.13 bits per heavy atom. The van der Waals surface area contributed by atoms with Gasteiger partial charge < -0.3 is 20.5 Å². The van der Waals surface area contributed by atoms with E-state index < -0.39 is 0 Å². The molecule has 0 saturated carbocycles. The van der Waals surface area contributed by atoms with Crippen molar-refractivity contribution in [3.63, 3.8) is 0 Å². The van der Waals surface area contributed by atoms with E-state index in [1.807, 2.05) is 58.0 Å². The second-order valence-electron chi connectivity index (χ2n) is 5.76. The number of nitrogens with one attached hydrogen (secondary N) is 2. The maximum atomic E-state index is 9.11. The summed E-state index contributed by atoms with van der Waals surface area (Å²) in [7, 11) is 0. The molecule has 0 saturated heterocycles. The lowest BCUT2D eigenvalue weighted by Crippen LogP contribution is -2.21. The number of aliphatic hydroxyl groups excluding tert-OH is 1. The molecule has 124 valence electrons. The van der Waals surface area contributed by atoms with Crippen LogP contribution in [-0.2, 0) is 0 Å². The predicted octanol–water partition coefficient (Wildman–Crippen LogP) is 3.11. The molecule has 2 rings (SSSR count). The van der Waals surface area contributed by atoms with Crippen molar-refractivity contribution < 1.29 is 9.84 Å². The van der Waals surface area contributed by atoms with Crippen molar-refractivity contribution in [2.75, 3.05) is 17.2 Å². The van der Waals surface area contributed by atoms with E-state index in [1.54, 1.807) is 0 Å². The van der Waals surface area contributed by atoms with E-state index in [9.17, 15) is 0 Å². The number of aromatic nitrogens is 2. The van der Waals surface area contributed by atoms with Crippen LogP contribution in [0.3, 0.4) is 0 Å². The summed E-state index contributed by atoms with van der Waals surface area (Å²) >= 11 is 0. The summed E-state index contributed by atoms with van der Waals surface area (Å²) in [6.07, 6.45) is 0.153. The predicted molar refractivity (Wildman–Crippen MR) is 92.4 cm³/mol. The summed E-state index contributed by atoms with van der Waals surface area (Å²) < 4.78 is 5.63. The van der Waals surface area contributed by atoms with Crippen LogP contribution in [0.1, 0.15) is 26.5 Å². The molecule has 2 aromatic rings. The molecular weight excluding hydrogens is 292 g/mol. The van der Waals surface area contributed by atoms with E-state index in [-0.39, 0.29) is 18.8 Å². The standard InChI is InChI=1S/C17H24N4O2/c1-11(2)23-15-7-5-14(6-8-15)20-16-9-12(3)18-17(21-16)19-13(4)10-22/h5-9,11,13,22H,10H2,1-4H3,(H2,18,19,20,21). The first-order valence-corrected chi connectivity index (χ1v) is 7.73. The van der Waals surface area contributed by atoms with Gasteiger partial charge in [0.25, 0.3) is 0 Å². The summed E-state index contributed by atoms with van der Waals surface area (Å²) in [5.41, 5.74) is 1.76. The van der Waals surface area contributed by atoms with Gasteiger partial charge in [0.1, 0.15) is 11.6 Å². The van der Waals surface area contributed by atoms with Crippen LogP contribution in [0.5, 0.6) is 5.75 Å². The molecular formula is C17H24N4O2. The Kier molecular flexibility index (Phi) is 5.76. The molecule has 0 aliphatic rings. The highest BCUT2D eigenvalue weighted by Crippen LogP contribution is 2.21. The number of benzene rings is 1. The maximum absolute atomic E-state index is 9.11. The SMILES string of the molecule is Cc1cc(Nc2ccc(OC(C)C)cc2)nc(NC(C)CO)n1. The Hall–Kier alpha value is -2.34. The minimum Gasteiger partial charge on any atom is -0.491 e. The van der Waals surface area contributed by atoms with Crippen LogP contribution in [0, 0.1) is 6.92 Å². The van der Waals surface area contributed by atoms with Crippen molar-refractivity contribution in [1.29, 1.82) is 0 Å². The number of aliphatic hydroxyl groups is 1. The van der Waals surface area contributed by atoms with E-state index in [0.717, 1.165) is 17.1 Å². The quantitative estimate of drug-likeness (QED) is 0.728. The Balaban J connectivity index is 2.10. The van der Waals surface area contributed by atoms with Crippen LogP contribution < -0.4 is 15.4 Å². The number of anilines is 3. The highest BCUT2D eigenvalue weighted by Gasteiger charge is 2.06. The van der Waals surface area contributed by atoms with Gasteiger partial charge in [-0.25, -0.2) is 4.98 Å². The van der Waals surface area contributed by atoms with Gasteiger partial charge in [-0.3, -0.25) is 0 Å². The molecule has 1 heterocycles. The third kappa shape index (κ3) is 5.41. The molecule has 0 amide bonds. The van der Waals surface area contributed by atoms with Crippen molar-refractivity contribution in [1.82, 2.24) is 9.97 Å². The van der Waals surface area contributed by atoms with Crippen molar-refractivity contribution in [3.05, 3.63) is 36.0 Å². The van der Waals surface area contributed by atoms with Crippen molar-refractivity contribution in [3.8, 4) is 5.75 Å². The summed E-state index contributed by atoms with van der Waals surface area (Å²) in [6, 6.07) is 9.49. The first kappa shape index (κ1) is 17.0. The fourth-order valence-corrected chi connectivity index (χ4v) is 2.00. The van der Waals surface area contributed by atoms with Crippen molar-refractivity contribution >= 4 is 17.5 Å². The van der Waals surface area contributed by atoms with Crippen LogP contribution in [0.4, 0.5) is 17.5 Å². The van der Waals surface area contributed by atoms with E-state index >= 15 is 0 Å². The van der Waals surface area contributed by atoms with Gasteiger partial charge in [0.15, 0.2) is 0 Å². The molecule has 0 bridgehead atoms.